The SMILES string of the molecule is CC(C)(C)[Si](OCCc1ccccc1B(O)O)(c1ccccc1)c1ccccc1. The van der Waals surface area contributed by atoms with Gasteiger partial charge >= 0.3 is 7.12 Å². The van der Waals surface area contributed by atoms with Gasteiger partial charge < -0.3 is 14.5 Å². The molecule has 150 valence electrons. The quantitative estimate of drug-likeness (QED) is 0.595. The average molecular weight is 404 g/mol. The number of hydrogen-bond acceptors (Lipinski definition) is 3. The average Bonchev–Trinajstić information content (AvgIpc) is 2.72. The zero-order valence-corrected chi connectivity index (χ0v) is 18.4. The Balaban J connectivity index is 1.99. The number of benzene rings is 3. The Kier molecular flexibility index (Phi) is 6.75. The van der Waals surface area contributed by atoms with E-state index in [0.29, 0.717) is 18.5 Å². The molecule has 3 aromatic rings. The second-order valence-electron chi connectivity index (χ2n) is 8.33. The van der Waals surface area contributed by atoms with Gasteiger partial charge in [-0.15, -0.1) is 0 Å². The third-order valence-corrected chi connectivity index (χ3v) is 10.5. The van der Waals surface area contributed by atoms with Crippen molar-refractivity contribution < 1.29 is 14.5 Å². The lowest BCUT2D eigenvalue weighted by molar-refractivity contribution is 0.302. The van der Waals surface area contributed by atoms with E-state index in [-0.39, 0.29) is 5.04 Å². The summed E-state index contributed by atoms with van der Waals surface area (Å²) in [6, 6.07) is 28.5. The van der Waals surface area contributed by atoms with Gasteiger partial charge in [0, 0.05) is 6.61 Å². The van der Waals surface area contributed by atoms with Crippen LogP contribution in [0.25, 0.3) is 0 Å². The van der Waals surface area contributed by atoms with Crippen LogP contribution in [0.15, 0.2) is 84.9 Å². The second kappa shape index (κ2) is 9.10. The minimum atomic E-state index is -2.57. The Morgan fingerprint density at radius 1 is 0.759 bits per heavy atom. The molecule has 0 aromatic heterocycles. The summed E-state index contributed by atoms with van der Waals surface area (Å²) in [6.45, 7) is 7.27. The Bertz CT molecular complexity index is 869. The Hall–Kier alpha value is -2.18. The van der Waals surface area contributed by atoms with Crippen LogP contribution in [0.5, 0.6) is 0 Å². The predicted molar refractivity (Wildman–Crippen MR) is 124 cm³/mol. The highest BCUT2D eigenvalue weighted by molar-refractivity contribution is 6.99. The van der Waals surface area contributed by atoms with Crippen molar-refractivity contribution in [3.63, 3.8) is 0 Å². The van der Waals surface area contributed by atoms with Crippen LogP contribution in [0, 0.1) is 0 Å². The molecule has 0 aliphatic carbocycles. The third-order valence-electron chi connectivity index (χ3n) is 5.44. The van der Waals surface area contributed by atoms with Gasteiger partial charge in [-0.3, -0.25) is 0 Å². The molecule has 0 radical (unpaired) electrons. The third kappa shape index (κ3) is 4.54. The van der Waals surface area contributed by atoms with Gasteiger partial charge in [-0.2, -0.15) is 0 Å². The normalized spacial score (nSPS) is 12.0. The number of rotatable bonds is 7. The van der Waals surface area contributed by atoms with Gasteiger partial charge in [0.05, 0.1) is 0 Å². The summed E-state index contributed by atoms with van der Waals surface area (Å²) in [5, 5.41) is 21.8. The lowest BCUT2D eigenvalue weighted by Gasteiger charge is -2.43. The standard InChI is InChI=1S/C24H29BO3Si/c1-24(2,3)29(21-13-6-4-7-14-21,22-15-8-5-9-16-22)28-19-18-20-12-10-11-17-23(20)25(26)27/h4-17,26-27H,18-19H2,1-3H3. The van der Waals surface area contributed by atoms with Crippen LogP contribution in [0.4, 0.5) is 0 Å². The molecule has 0 aliphatic rings. The van der Waals surface area contributed by atoms with E-state index < -0.39 is 15.4 Å². The van der Waals surface area contributed by atoms with Gasteiger partial charge in [-0.25, -0.2) is 0 Å². The molecule has 5 heteroatoms. The zero-order chi connectivity index (χ0) is 20.9. The first-order chi connectivity index (χ1) is 13.9. The van der Waals surface area contributed by atoms with Crippen LogP contribution in [-0.2, 0) is 10.8 Å². The van der Waals surface area contributed by atoms with Gasteiger partial charge in [0.1, 0.15) is 0 Å². The highest BCUT2D eigenvalue weighted by Crippen LogP contribution is 2.36. The van der Waals surface area contributed by atoms with E-state index in [1.54, 1.807) is 6.07 Å². The maximum atomic E-state index is 9.67. The molecule has 3 aromatic carbocycles. The van der Waals surface area contributed by atoms with Crippen molar-refractivity contribution in [2.75, 3.05) is 6.61 Å². The van der Waals surface area contributed by atoms with Gasteiger partial charge in [0.2, 0.25) is 0 Å². The lowest BCUT2D eigenvalue weighted by Crippen LogP contribution is -2.66. The fourth-order valence-corrected chi connectivity index (χ4v) is 8.65. The number of hydrogen-bond donors (Lipinski definition) is 2. The second-order valence-corrected chi connectivity index (χ2v) is 12.6. The minimum absolute atomic E-state index is 0.0777. The van der Waals surface area contributed by atoms with E-state index >= 15 is 0 Å². The lowest BCUT2D eigenvalue weighted by atomic mass is 9.76. The van der Waals surface area contributed by atoms with Crippen LogP contribution in [0.2, 0.25) is 5.04 Å². The Morgan fingerprint density at radius 3 is 1.72 bits per heavy atom. The molecule has 2 N–H and O–H groups in total. The maximum Gasteiger partial charge on any atom is 0.488 e. The molecule has 0 heterocycles. The van der Waals surface area contributed by atoms with E-state index in [2.05, 4.69) is 69.3 Å². The van der Waals surface area contributed by atoms with Gasteiger partial charge in [0.15, 0.2) is 0 Å². The van der Waals surface area contributed by atoms with Crippen molar-refractivity contribution in [3.05, 3.63) is 90.5 Å². The first kappa shape index (κ1) is 21.5. The van der Waals surface area contributed by atoms with E-state index in [0.717, 1.165) is 5.56 Å². The molecule has 3 nitrogen and oxygen atoms in total. The summed E-state index contributed by atoms with van der Waals surface area (Å²) < 4.78 is 6.88. The molecule has 0 atom stereocenters. The summed E-state index contributed by atoms with van der Waals surface area (Å²) in [5.41, 5.74) is 1.44. The van der Waals surface area contributed by atoms with Crippen molar-refractivity contribution in [2.45, 2.75) is 32.2 Å². The van der Waals surface area contributed by atoms with Gasteiger partial charge in [-0.1, -0.05) is 106 Å². The largest absolute Gasteiger partial charge is 0.488 e. The molecule has 0 amide bonds. The van der Waals surface area contributed by atoms with Crippen LogP contribution in [0.1, 0.15) is 26.3 Å². The van der Waals surface area contributed by atoms with Crippen LogP contribution < -0.4 is 15.8 Å². The highest BCUT2D eigenvalue weighted by Gasteiger charge is 2.49. The molecular formula is C24H29BO3Si. The topological polar surface area (TPSA) is 49.7 Å². The molecule has 0 spiro atoms. The van der Waals surface area contributed by atoms with Crippen LogP contribution in [0.3, 0.4) is 0 Å². The Morgan fingerprint density at radius 2 is 1.24 bits per heavy atom. The highest BCUT2D eigenvalue weighted by atomic mass is 28.4. The fourth-order valence-electron chi connectivity index (χ4n) is 4.09. The molecule has 3 rings (SSSR count). The molecule has 29 heavy (non-hydrogen) atoms. The Labute approximate surface area is 175 Å². The van der Waals surface area contributed by atoms with Crippen molar-refractivity contribution in [3.8, 4) is 0 Å². The molecule has 0 fully saturated rings. The summed E-state index contributed by atoms with van der Waals surface area (Å²) in [4.78, 5) is 0. The maximum absolute atomic E-state index is 9.67. The molecule has 0 saturated carbocycles. The minimum Gasteiger partial charge on any atom is -0.423 e. The molecule has 0 saturated heterocycles. The molecule has 0 aliphatic heterocycles. The van der Waals surface area contributed by atoms with E-state index in [9.17, 15) is 10.0 Å². The predicted octanol–water partition coefficient (Wildman–Crippen LogP) is 2.49. The van der Waals surface area contributed by atoms with E-state index in [1.165, 1.54) is 10.4 Å². The smallest absolute Gasteiger partial charge is 0.423 e. The fraction of sp³-hybridized carbons (Fsp3) is 0.250. The van der Waals surface area contributed by atoms with Crippen molar-refractivity contribution in [1.82, 2.24) is 0 Å². The van der Waals surface area contributed by atoms with Crippen molar-refractivity contribution in [1.29, 1.82) is 0 Å². The molecule has 0 bridgehead atoms. The van der Waals surface area contributed by atoms with Crippen molar-refractivity contribution >= 4 is 31.3 Å². The molecular weight excluding hydrogens is 375 g/mol. The van der Waals surface area contributed by atoms with E-state index in [4.69, 9.17) is 4.43 Å². The molecule has 0 unspecified atom stereocenters. The monoisotopic (exact) mass is 404 g/mol. The van der Waals surface area contributed by atoms with Crippen LogP contribution in [-0.4, -0.2) is 32.1 Å². The summed E-state index contributed by atoms with van der Waals surface area (Å²) in [6.07, 6.45) is 0.623. The van der Waals surface area contributed by atoms with Gasteiger partial charge in [-0.05, 0) is 32.9 Å². The zero-order valence-electron chi connectivity index (χ0n) is 17.4. The first-order valence-corrected chi connectivity index (χ1v) is 12.0. The summed E-state index contributed by atoms with van der Waals surface area (Å²) in [5.74, 6) is 0. The first-order valence-electron chi connectivity index (χ1n) is 10.1. The summed E-state index contributed by atoms with van der Waals surface area (Å²) in [7, 11) is -4.05. The summed E-state index contributed by atoms with van der Waals surface area (Å²) >= 11 is 0. The van der Waals surface area contributed by atoms with E-state index in [1.807, 2.05) is 30.3 Å². The van der Waals surface area contributed by atoms with Crippen molar-refractivity contribution in [2.24, 2.45) is 0 Å². The van der Waals surface area contributed by atoms with Gasteiger partial charge in [0.25, 0.3) is 8.32 Å². The van der Waals surface area contributed by atoms with Crippen LogP contribution >= 0.6 is 0 Å².